The molecule has 0 amide bonds. The van der Waals surface area contributed by atoms with E-state index in [-0.39, 0.29) is 6.54 Å². The van der Waals surface area contributed by atoms with Crippen LogP contribution in [0.15, 0.2) is 52.2 Å². The number of nitriles is 1. The highest BCUT2D eigenvalue weighted by Gasteiger charge is 2.11. The lowest BCUT2D eigenvalue weighted by Gasteiger charge is -2.10. The van der Waals surface area contributed by atoms with Crippen LogP contribution in [0.3, 0.4) is 0 Å². The fourth-order valence-electron chi connectivity index (χ4n) is 1.69. The molecule has 5 heteroatoms. The molecule has 90 valence electrons. The molecule has 1 aromatic carbocycles. The Morgan fingerprint density at radius 2 is 1.94 bits per heavy atom. The first-order valence-corrected chi connectivity index (χ1v) is 5.45. The normalized spacial score (nSPS) is 11.7. The molecule has 0 aliphatic heterocycles. The van der Waals surface area contributed by atoms with Gasteiger partial charge < -0.3 is 0 Å². The summed E-state index contributed by atoms with van der Waals surface area (Å²) in [5.74, 6) is -0.421. The molecule has 1 atom stereocenters. The molecule has 0 spiro atoms. The van der Waals surface area contributed by atoms with E-state index in [1.54, 1.807) is 0 Å². The summed E-state index contributed by atoms with van der Waals surface area (Å²) in [7, 11) is 0. The van der Waals surface area contributed by atoms with Gasteiger partial charge in [-0.3, -0.25) is 14.3 Å². The van der Waals surface area contributed by atoms with Crippen molar-refractivity contribution in [2.75, 3.05) is 0 Å². The summed E-state index contributed by atoms with van der Waals surface area (Å²) in [6.07, 6.45) is 1.40. The van der Waals surface area contributed by atoms with Gasteiger partial charge in [0.05, 0.1) is 12.0 Å². The van der Waals surface area contributed by atoms with Gasteiger partial charge in [-0.1, -0.05) is 30.3 Å². The number of nitrogens with zero attached hydrogens (tertiary/aromatic N) is 2. The third-order valence-corrected chi connectivity index (χ3v) is 2.63. The Balaban J connectivity index is 2.30. The number of nitrogens with one attached hydrogen (secondary N) is 1. The lowest BCUT2D eigenvalue weighted by molar-refractivity contribution is 0.606. The molecule has 1 unspecified atom stereocenters. The molecule has 0 saturated carbocycles. The van der Waals surface area contributed by atoms with Crippen LogP contribution in [0, 0.1) is 11.3 Å². The first-order chi connectivity index (χ1) is 8.70. The molecule has 0 aliphatic carbocycles. The van der Waals surface area contributed by atoms with Gasteiger partial charge >= 0.3 is 5.69 Å². The number of hydrogen-bond donors (Lipinski definition) is 1. The van der Waals surface area contributed by atoms with Gasteiger partial charge in [0, 0.05) is 18.8 Å². The second kappa shape index (κ2) is 5.15. The highest BCUT2D eigenvalue weighted by Crippen LogP contribution is 2.15. The van der Waals surface area contributed by atoms with Crippen LogP contribution >= 0.6 is 0 Å². The largest absolute Gasteiger partial charge is 0.328 e. The van der Waals surface area contributed by atoms with Gasteiger partial charge in [-0.05, 0) is 5.56 Å². The molecule has 0 saturated heterocycles. The minimum absolute atomic E-state index is 0.218. The SMILES string of the molecule is N#CC(Cn1ccc(=O)[nH]c1=O)c1ccccc1. The maximum absolute atomic E-state index is 11.5. The molecule has 0 radical (unpaired) electrons. The second-order valence-electron chi connectivity index (χ2n) is 3.85. The zero-order chi connectivity index (χ0) is 13.0. The van der Waals surface area contributed by atoms with E-state index < -0.39 is 17.2 Å². The van der Waals surface area contributed by atoms with E-state index in [4.69, 9.17) is 5.26 Å². The molecule has 0 fully saturated rings. The molecular formula is C13H11N3O2. The van der Waals surface area contributed by atoms with E-state index in [0.717, 1.165) is 5.56 Å². The summed E-state index contributed by atoms with van der Waals surface area (Å²) in [6.45, 7) is 0.218. The molecule has 2 aromatic rings. The van der Waals surface area contributed by atoms with Crippen molar-refractivity contribution >= 4 is 0 Å². The highest BCUT2D eigenvalue weighted by atomic mass is 16.2. The average molecular weight is 241 g/mol. The van der Waals surface area contributed by atoms with Gasteiger partial charge in [-0.25, -0.2) is 4.79 Å². The van der Waals surface area contributed by atoms with Crippen LogP contribution in [0.25, 0.3) is 0 Å². The van der Waals surface area contributed by atoms with E-state index in [0.29, 0.717) is 0 Å². The molecule has 1 heterocycles. The Kier molecular flexibility index (Phi) is 3.39. The maximum Gasteiger partial charge on any atom is 0.328 e. The third kappa shape index (κ3) is 2.55. The van der Waals surface area contributed by atoms with E-state index in [9.17, 15) is 9.59 Å². The molecule has 1 aromatic heterocycles. The Morgan fingerprint density at radius 1 is 1.22 bits per heavy atom. The van der Waals surface area contributed by atoms with Crippen molar-refractivity contribution in [3.8, 4) is 6.07 Å². The van der Waals surface area contributed by atoms with Gasteiger partial charge in [-0.2, -0.15) is 5.26 Å². The minimum atomic E-state index is -0.501. The number of benzene rings is 1. The Hall–Kier alpha value is -2.61. The van der Waals surface area contributed by atoms with Crippen molar-refractivity contribution in [1.29, 1.82) is 5.26 Å². The Labute approximate surface area is 103 Å². The number of aromatic amines is 1. The maximum atomic E-state index is 11.5. The molecular weight excluding hydrogens is 230 g/mol. The fourth-order valence-corrected chi connectivity index (χ4v) is 1.69. The van der Waals surface area contributed by atoms with Crippen LogP contribution in [-0.4, -0.2) is 9.55 Å². The van der Waals surface area contributed by atoms with Crippen LogP contribution in [0.1, 0.15) is 11.5 Å². The summed E-state index contributed by atoms with van der Waals surface area (Å²) < 4.78 is 1.32. The lowest BCUT2D eigenvalue weighted by atomic mass is 10.0. The molecule has 5 nitrogen and oxygen atoms in total. The van der Waals surface area contributed by atoms with Crippen molar-refractivity contribution in [3.63, 3.8) is 0 Å². The predicted octanol–water partition coefficient (Wildman–Crippen LogP) is 0.844. The molecule has 18 heavy (non-hydrogen) atoms. The average Bonchev–Trinajstić information content (AvgIpc) is 2.39. The van der Waals surface area contributed by atoms with E-state index >= 15 is 0 Å². The van der Waals surface area contributed by atoms with Crippen LogP contribution in [0.4, 0.5) is 0 Å². The van der Waals surface area contributed by atoms with Gasteiger partial charge in [0.15, 0.2) is 0 Å². The standard InChI is InChI=1S/C13H11N3O2/c14-8-11(10-4-2-1-3-5-10)9-16-7-6-12(17)15-13(16)18/h1-7,11H,9H2,(H,15,17,18). The Morgan fingerprint density at radius 3 is 2.56 bits per heavy atom. The van der Waals surface area contributed by atoms with Gasteiger partial charge in [0.25, 0.3) is 5.56 Å². The quantitative estimate of drug-likeness (QED) is 0.865. The van der Waals surface area contributed by atoms with Crippen LogP contribution in [0.2, 0.25) is 0 Å². The van der Waals surface area contributed by atoms with Gasteiger partial charge in [0.2, 0.25) is 0 Å². The third-order valence-electron chi connectivity index (χ3n) is 2.63. The van der Waals surface area contributed by atoms with Crippen LogP contribution < -0.4 is 11.2 Å². The molecule has 0 aliphatic rings. The number of hydrogen-bond acceptors (Lipinski definition) is 3. The highest BCUT2D eigenvalue weighted by molar-refractivity contribution is 5.24. The molecule has 2 rings (SSSR count). The lowest BCUT2D eigenvalue weighted by Crippen LogP contribution is -2.30. The summed E-state index contributed by atoms with van der Waals surface area (Å²) in [5, 5.41) is 9.15. The van der Waals surface area contributed by atoms with E-state index in [1.165, 1.54) is 16.8 Å². The van der Waals surface area contributed by atoms with Crippen LogP contribution in [-0.2, 0) is 6.54 Å². The monoisotopic (exact) mass is 241 g/mol. The number of rotatable bonds is 3. The first-order valence-electron chi connectivity index (χ1n) is 5.45. The van der Waals surface area contributed by atoms with Crippen molar-refractivity contribution in [2.24, 2.45) is 0 Å². The summed E-state index contributed by atoms with van der Waals surface area (Å²) in [5.41, 5.74) is -0.0961. The predicted molar refractivity (Wildman–Crippen MR) is 66.1 cm³/mol. The van der Waals surface area contributed by atoms with Gasteiger partial charge in [0.1, 0.15) is 0 Å². The first kappa shape index (κ1) is 11.9. The number of H-pyrrole nitrogens is 1. The van der Waals surface area contributed by atoms with Crippen molar-refractivity contribution in [2.45, 2.75) is 12.5 Å². The summed E-state index contributed by atoms with van der Waals surface area (Å²) >= 11 is 0. The summed E-state index contributed by atoms with van der Waals surface area (Å²) in [6, 6.07) is 12.6. The van der Waals surface area contributed by atoms with Crippen LogP contribution in [0.5, 0.6) is 0 Å². The number of aromatic nitrogens is 2. The van der Waals surface area contributed by atoms with Crippen molar-refractivity contribution < 1.29 is 0 Å². The smallest absolute Gasteiger partial charge is 0.299 e. The second-order valence-corrected chi connectivity index (χ2v) is 3.85. The molecule has 0 bridgehead atoms. The van der Waals surface area contributed by atoms with Crippen molar-refractivity contribution in [1.82, 2.24) is 9.55 Å². The summed E-state index contributed by atoms with van der Waals surface area (Å²) in [4.78, 5) is 24.6. The van der Waals surface area contributed by atoms with E-state index in [2.05, 4.69) is 11.1 Å². The zero-order valence-electron chi connectivity index (χ0n) is 9.54. The van der Waals surface area contributed by atoms with Gasteiger partial charge in [-0.15, -0.1) is 0 Å². The molecule has 1 N–H and O–H groups in total. The Bertz CT molecular complexity index is 680. The van der Waals surface area contributed by atoms with Crippen molar-refractivity contribution in [3.05, 3.63) is 69.0 Å². The minimum Gasteiger partial charge on any atom is -0.299 e. The van der Waals surface area contributed by atoms with E-state index in [1.807, 2.05) is 30.3 Å². The zero-order valence-corrected chi connectivity index (χ0v) is 9.54. The fraction of sp³-hybridized carbons (Fsp3) is 0.154. The topological polar surface area (TPSA) is 78.7 Å².